The molecular formula is C12H12N4O2. The van der Waals surface area contributed by atoms with Crippen LogP contribution in [0.5, 0.6) is 0 Å². The minimum absolute atomic E-state index is 0.329. The Labute approximate surface area is 102 Å². The number of imidazole rings is 1. The average molecular weight is 244 g/mol. The van der Waals surface area contributed by atoms with Crippen molar-refractivity contribution in [1.29, 1.82) is 0 Å². The summed E-state index contributed by atoms with van der Waals surface area (Å²) in [7, 11) is 3.08. The van der Waals surface area contributed by atoms with Crippen molar-refractivity contribution in [3.05, 3.63) is 44.7 Å². The van der Waals surface area contributed by atoms with Crippen LogP contribution in [0.1, 0.15) is 5.56 Å². The predicted octanol–water partition coefficient (Wildman–Crippen LogP) is 0.193. The standard InChI is InChI=1S/C12H12N4O2/c1-7-4-5-16-8(6-7)13-10-9(16)11(17)15(3)12(18)14(10)2/h4-6H,1-3H3. The molecule has 0 spiro atoms. The van der Waals surface area contributed by atoms with Crippen LogP contribution in [0, 0.1) is 6.92 Å². The fraction of sp³-hybridized carbons (Fsp3) is 0.250. The third-order valence-corrected chi connectivity index (χ3v) is 3.16. The first kappa shape index (κ1) is 10.8. The van der Waals surface area contributed by atoms with Gasteiger partial charge in [0.1, 0.15) is 5.65 Å². The summed E-state index contributed by atoms with van der Waals surface area (Å²) < 4.78 is 4.19. The number of rotatable bonds is 0. The Kier molecular flexibility index (Phi) is 1.98. The molecule has 0 unspecified atom stereocenters. The van der Waals surface area contributed by atoms with Gasteiger partial charge in [-0.2, -0.15) is 0 Å². The molecule has 0 saturated carbocycles. The summed E-state index contributed by atoms with van der Waals surface area (Å²) in [4.78, 5) is 28.3. The lowest BCUT2D eigenvalue weighted by atomic mass is 10.3. The molecule has 3 heterocycles. The van der Waals surface area contributed by atoms with Gasteiger partial charge >= 0.3 is 5.69 Å². The van der Waals surface area contributed by atoms with Crippen molar-refractivity contribution in [1.82, 2.24) is 18.5 Å². The normalized spacial score (nSPS) is 11.5. The summed E-state index contributed by atoms with van der Waals surface area (Å²) in [5.74, 6) is 0. The van der Waals surface area contributed by atoms with Gasteiger partial charge < -0.3 is 0 Å². The van der Waals surface area contributed by atoms with Crippen LogP contribution in [0.15, 0.2) is 27.9 Å². The van der Waals surface area contributed by atoms with Gasteiger partial charge in [-0.05, 0) is 24.6 Å². The van der Waals surface area contributed by atoms with Crippen molar-refractivity contribution in [3.8, 4) is 0 Å². The molecule has 3 rings (SSSR count). The van der Waals surface area contributed by atoms with Gasteiger partial charge in [0, 0.05) is 20.3 Å². The lowest BCUT2D eigenvalue weighted by Crippen LogP contribution is -2.37. The number of pyridine rings is 1. The highest BCUT2D eigenvalue weighted by atomic mass is 16.2. The molecule has 0 saturated heterocycles. The largest absolute Gasteiger partial charge is 0.332 e. The topological polar surface area (TPSA) is 61.3 Å². The van der Waals surface area contributed by atoms with Crippen LogP contribution in [-0.2, 0) is 14.1 Å². The van der Waals surface area contributed by atoms with E-state index in [4.69, 9.17) is 0 Å². The quantitative estimate of drug-likeness (QED) is 0.567. The van der Waals surface area contributed by atoms with E-state index in [0.29, 0.717) is 16.8 Å². The first-order chi connectivity index (χ1) is 8.50. The number of fused-ring (bicyclic) bond motifs is 3. The molecule has 6 nitrogen and oxygen atoms in total. The minimum atomic E-state index is -0.368. The Balaban J connectivity index is 2.72. The van der Waals surface area contributed by atoms with Crippen molar-refractivity contribution in [2.45, 2.75) is 6.92 Å². The summed E-state index contributed by atoms with van der Waals surface area (Å²) in [6, 6.07) is 3.78. The molecule has 0 radical (unpaired) electrons. The summed E-state index contributed by atoms with van der Waals surface area (Å²) in [6.45, 7) is 1.95. The fourth-order valence-electron chi connectivity index (χ4n) is 2.13. The number of hydrogen-bond acceptors (Lipinski definition) is 3. The molecule has 18 heavy (non-hydrogen) atoms. The monoisotopic (exact) mass is 244 g/mol. The van der Waals surface area contributed by atoms with Crippen LogP contribution in [0.3, 0.4) is 0 Å². The first-order valence-corrected chi connectivity index (χ1v) is 5.55. The van der Waals surface area contributed by atoms with Crippen molar-refractivity contribution in [2.75, 3.05) is 0 Å². The van der Waals surface area contributed by atoms with Gasteiger partial charge in [-0.1, -0.05) is 0 Å². The molecule has 0 aliphatic rings. The fourth-order valence-corrected chi connectivity index (χ4v) is 2.13. The molecule has 0 fully saturated rings. The zero-order chi connectivity index (χ0) is 13.0. The highest BCUT2D eigenvalue weighted by molar-refractivity contribution is 5.76. The Morgan fingerprint density at radius 3 is 2.61 bits per heavy atom. The van der Waals surface area contributed by atoms with Gasteiger partial charge in [0.15, 0.2) is 11.2 Å². The second kappa shape index (κ2) is 3.32. The SMILES string of the molecule is Cc1ccn2c(c1)nc1c2c(=O)n(C)c(=O)n1C. The summed E-state index contributed by atoms with van der Waals surface area (Å²) in [6.07, 6.45) is 1.80. The third-order valence-electron chi connectivity index (χ3n) is 3.16. The van der Waals surface area contributed by atoms with Crippen LogP contribution in [0.2, 0.25) is 0 Å². The van der Waals surface area contributed by atoms with E-state index in [1.165, 1.54) is 11.6 Å². The van der Waals surface area contributed by atoms with Crippen LogP contribution < -0.4 is 11.2 Å². The smallest absolute Gasteiger partial charge is 0.294 e. The zero-order valence-electron chi connectivity index (χ0n) is 10.3. The molecule has 92 valence electrons. The second-order valence-electron chi connectivity index (χ2n) is 4.42. The minimum Gasteiger partial charge on any atom is -0.294 e. The van der Waals surface area contributed by atoms with E-state index in [0.717, 1.165) is 10.1 Å². The highest BCUT2D eigenvalue weighted by Gasteiger charge is 2.14. The van der Waals surface area contributed by atoms with Crippen LogP contribution in [-0.4, -0.2) is 18.5 Å². The Morgan fingerprint density at radius 1 is 1.17 bits per heavy atom. The molecule has 6 heteroatoms. The summed E-state index contributed by atoms with van der Waals surface area (Å²) in [5, 5.41) is 0. The van der Waals surface area contributed by atoms with Gasteiger partial charge in [-0.3, -0.25) is 18.3 Å². The zero-order valence-corrected chi connectivity index (χ0v) is 10.3. The number of hydrogen-bond donors (Lipinski definition) is 0. The maximum atomic E-state index is 12.2. The van der Waals surface area contributed by atoms with Gasteiger partial charge in [-0.25, -0.2) is 9.78 Å². The van der Waals surface area contributed by atoms with Gasteiger partial charge in [0.25, 0.3) is 5.56 Å². The number of aromatic nitrogens is 4. The maximum Gasteiger partial charge on any atom is 0.332 e. The van der Waals surface area contributed by atoms with E-state index < -0.39 is 0 Å². The molecule has 3 aromatic rings. The van der Waals surface area contributed by atoms with Gasteiger partial charge in [0.2, 0.25) is 0 Å². The molecule has 0 aliphatic heterocycles. The number of aryl methyl sites for hydroxylation is 2. The third kappa shape index (κ3) is 1.20. The Hall–Kier alpha value is -2.37. The van der Waals surface area contributed by atoms with E-state index in [2.05, 4.69) is 4.98 Å². The first-order valence-electron chi connectivity index (χ1n) is 5.55. The van der Waals surface area contributed by atoms with E-state index in [9.17, 15) is 9.59 Å². The van der Waals surface area contributed by atoms with E-state index in [1.807, 2.05) is 19.1 Å². The maximum absolute atomic E-state index is 12.2. The Morgan fingerprint density at radius 2 is 1.89 bits per heavy atom. The lowest BCUT2D eigenvalue weighted by molar-refractivity contribution is 0.708. The average Bonchev–Trinajstić information content (AvgIpc) is 2.72. The van der Waals surface area contributed by atoms with Crippen molar-refractivity contribution >= 4 is 16.8 Å². The van der Waals surface area contributed by atoms with E-state index in [1.54, 1.807) is 17.6 Å². The molecule has 3 aromatic heterocycles. The van der Waals surface area contributed by atoms with Crippen LogP contribution in [0.4, 0.5) is 0 Å². The molecule has 0 aromatic carbocycles. The van der Waals surface area contributed by atoms with Crippen LogP contribution in [0.25, 0.3) is 16.8 Å². The van der Waals surface area contributed by atoms with E-state index in [-0.39, 0.29) is 11.2 Å². The molecular weight excluding hydrogens is 232 g/mol. The molecule has 0 bridgehead atoms. The van der Waals surface area contributed by atoms with Crippen molar-refractivity contribution in [3.63, 3.8) is 0 Å². The predicted molar refractivity (Wildman–Crippen MR) is 67.9 cm³/mol. The van der Waals surface area contributed by atoms with Crippen molar-refractivity contribution in [2.24, 2.45) is 14.1 Å². The highest BCUT2D eigenvalue weighted by Crippen LogP contribution is 2.12. The van der Waals surface area contributed by atoms with Gasteiger partial charge in [-0.15, -0.1) is 0 Å². The summed E-state index contributed by atoms with van der Waals surface area (Å²) in [5.41, 5.74) is 1.86. The van der Waals surface area contributed by atoms with Crippen molar-refractivity contribution < 1.29 is 0 Å². The lowest BCUT2D eigenvalue weighted by Gasteiger charge is -2.02. The summed E-state index contributed by atoms with van der Waals surface area (Å²) >= 11 is 0. The molecule has 0 atom stereocenters. The van der Waals surface area contributed by atoms with Gasteiger partial charge in [0.05, 0.1) is 0 Å². The molecule has 0 aliphatic carbocycles. The Bertz CT molecular complexity index is 898. The van der Waals surface area contributed by atoms with E-state index >= 15 is 0 Å². The molecule has 0 N–H and O–H groups in total. The molecule has 0 amide bonds. The second-order valence-corrected chi connectivity index (χ2v) is 4.42. The van der Waals surface area contributed by atoms with Crippen LogP contribution >= 0.6 is 0 Å². The number of nitrogens with zero attached hydrogens (tertiary/aromatic N) is 4.